The number of nitrogens with zero attached hydrogens (tertiary/aromatic N) is 1. The first kappa shape index (κ1) is 10.9. The summed E-state index contributed by atoms with van der Waals surface area (Å²) in [5, 5.41) is 0. The van der Waals surface area contributed by atoms with E-state index in [1.54, 1.807) is 12.1 Å². The highest BCUT2D eigenvalue weighted by Crippen LogP contribution is 2.34. The molecule has 0 aromatic carbocycles. The molecule has 0 atom stereocenters. The largest absolute Gasteiger partial charge is 0.481 e. The van der Waals surface area contributed by atoms with Crippen LogP contribution in [0.15, 0.2) is 18.3 Å². The summed E-state index contributed by atoms with van der Waals surface area (Å²) in [4.78, 5) is 3.89. The molecule has 0 N–H and O–H groups in total. The van der Waals surface area contributed by atoms with E-state index < -0.39 is 11.8 Å². The van der Waals surface area contributed by atoms with Gasteiger partial charge in [0.25, 0.3) is 0 Å². The summed E-state index contributed by atoms with van der Waals surface area (Å²) in [6.07, 6.45) is -0.926. The quantitative estimate of drug-likeness (QED) is 0.750. The minimum absolute atomic E-state index is 0.262. The van der Waals surface area contributed by atoms with E-state index in [4.69, 9.17) is 4.74 Å². The van der Waals surface area contributed by atoms with Crippen LogP contribution in [0, 0.1) is 0 Å². The van der Waals surface area contributed by atoms with Crippen LogP contribution < -0.4 is 4.74 Å². The van der Waals surface area contributed by atoms with Crippen molar-refractivity contribution in [3.63, 3.8) is 0 Å². The maximum absolute atomic E-state index is 12.7. The van der Waals surface area contributed by atoms with Gasteiger partial charge in [-0.1, -0.05) is 19.9 Å². The molecule has 0 saturated heterocycles. The lowest BCUT2D eigenvalue weighted by molar-refractivity contribution is 0.0676. The van der Waals surface area contributed by atoms with E-state index in [2.05, 4.69) is 4.98 Å². The third-order valence-corrected chi connectivity index (χ3v) is 2.20. The summed E-state index contributed by atoms with van der Waals surface area (Å²) < 4.78 is 30.4. The van der Waals surface area contributed by atoms with E-state index in [0.717, 1.165) is 0 Å². The van der Waals surface area contributed by atoms with Gasteiger partial charge in [0.05, 0.1) is 12.5 Å². The second-order valence-corrected chi connectivity index (χ2v) is 3.58. The number of alkyl halides is 2. The predicted molar refractivity (Wildman–Crippen MR) is 49.8 cm³/mol. The fourth-order valence-corrected chi connectivity index (χ4v) is 1.16. The minimum Gasteiger partial charge on any atom is -0.481 e. The van der Waals surface area contributed by atoms with E-state index in [9.17, 15) is 8.78 Å². The SMILES string of the molecule is COc1ncccc1C(C)(C)C(F)F. The van der Waals surface area contributed by atoms with Crippen molar-refractivity contribution in [2.75, 3.05) is 7.11 Å². The van der Waals surface area contributed by atoms with Crippen molar-refractivity contribution >= 4 is 0 Å². The molecule has 2 nitrogen and oxygen atoms in total. The number of ether oxygens (including phenoxy) is 1. The van der Waals surface area contributed by atoms with Crippen LogP contribution in [0.2, 0.25) is 0 Å². The first-order valence-corrected chi connectivity index (χ1v) is 4.27. The molecule has 0 aliphatic rings. The fourth-order valence-electron chi connectivity index (χ4n) is 1.16. The number of hydrogen-bond donors (Lipinski definition) is 0. The van der Waals surface area contributed by atoms with Crippen LogP contribution in [-0.4, -0.2) is 18.5 Å². The van der Waals surface area contributed by atoms with Crippen LogP contribution in [0.25, 0.3) is 0 Å². The van der Waals surface area contributed by atoms with Gasteiger partial charge in [-0.2, -0.15) is 0 Å². The van der Waals surface area contributed by atoms with Gasteiger partial charge < -0.3 is 4.74 Å². The zero-order valence-corrected chi connectivity index (χ0v) is 8.42. The van der Waals surface area contributed by atoms with Crippen LogP contribution >= 0.6 is 0 Å². The second kappa shape index (κ2) is 3.90. The molecule has 1 rings (SSSR count). The van der Waals surface area contributed by atoms with Gasteiger partial charge in [0.15, 0.2) is 0 Å². The molecule has 0 fully saturated rings. The number of pyridine rings is 1. The maximum Gasteiger partial charge on any atom is 0.247 e. The highest BCUT2D eigenvalue weighted by molar-refractivity contribution is 5.33. The number of aromatic nitrogens is 1. The molecule has 0 aliphatic carbocycles. The molecule has 1 aromatic rings. The van der Waals surface area contributed by atoms with Crippen LogP contribution in [0.4, 0.5) is 8.78 Å². The van der Waals surface area contributed by atoms with Gasteiger partial charge in [-0.05, 0) is 6.07 Å². The molecular formula is C10H13F2NO. The molecule has 0 unspecified atom stereocenters. The molecule has 1 aromatic heterocycles. The normalized spacial score (nSPS) is 11.9. The molecule has 14 heavy (non-hydrogen) atoms. The molecule has 0 amide bonds. The van der Waals surface area contributed by atoms with Gasteiger partial charge in [0.1, 0.15) is 0 Å². The Morgan fingerprint density at radius 2 is 2.07 bits per heavy atom. The second-order valence-electron chi connectivity index (χ2n) is 3.58. The zero-order valence-electron chi connectivity index (χ0n) is 8.42. The highest BCUT2D eigenvalue weighted by Gasteiger charge is 2.34. The molecule has 4 heteroatoms. The van der Waals surface area contributed by atoms with Gasteiger partial charge in [-0.25, -0.2) is 13.8 Å². The van der Waals surface area contributed by atoms with Crippen LogP contribution in [0.3, 0.4) is 0 Å². The average molecular weight is 201 g/mol. The topological polar surface area (TPSA) is 22.1 Å². The monoisotopic (exact) mass is 201 g/mol. The molecule has 0 aliphatic heterocycles. The first-order chi connectivity index (χ1) is 6.50. The summed E-state index contributed by atoms with van der Waals surface area (Å²) in [5.41, 5.74) is -0.808. The summed E-state index contributed by atoms with van der Waals surface area (Å²) in [6.45, 7) is 2.94. The zero-order chi connectivity index (χ0) is 10.8. The van der Waals surface area contributed by atoms with Gasteiger partial charge in [-0.3, -0.25) is 0 Å². The first-order valence-electron chi connectivity index (χ1n) is 4.27. The summed E-state index contributed by atoms with van der Waals surface area (Å²) in [6, 6.07) is 3.24. The summed E-state index contributed by atoms with van der Waals surface area (Å²) in [7, 11) is 1.42. The smallest absolute Gasteiger partial charge is 0.247 e. The molecule has 1 heterocycles. The number of halogens is 2. The standard InChI is InChI=1S/C10H13F2NO/c1-10(2,9(11)12)7-5-4-6-13-8(7)14-3/h4-6,9H,1-3H3. The lowest BCUT2D eigenvalue weighted by Gasteiger charge is -2.25. The minimum atomic E-state index is -2.44. The van der Waals surface area contributed by atoms with Crippen molar-refractivity contribution in [1.29, 1.82) is 0 Å². The van der Waals surface area contributed by atoms with Gasteiger partial charge in [-0.15, -0.1) is 0 Å². The fraction of sp³-hybridized carbons (Fsp3) is 0.500. The third kappa shape index (κ3) is 1.84. The number of methoxy groups -OCH3 is 1. The molecule has 78 valence electrons. The average Bonchev–Trinajstić information content (AvgIpc) is 2.17. The Labute approximate surface area is 81.9 Å². The van der Waals surface area contributed by atoms with E-state index >= 15 is 0 Å². The maximum atomic E-state index is 12.7. The van der Waals surface area contributed by atoms with Gasteiger partial charge >= 0.3 is 0 Å². The molecule has 0 spiro atoms. The summed E-state index contributed by atoms with van der Waals surface area (Å²) >= 11 is 0. The van der Waals surface area contributed by atoms with Crippen molar-refractivity contribution in [3.8, 4) is 5.88 Å². The van der Waals surface area contributed by atoms with Crippen molar-refractivity contribution in [1.82, 2.24) is 4.98 Å². The molecular weight excluding hydrogens is 188 g/mol. The third-order valence-electron chi connectivity index (χ3n) is 2.20. The lowest BCUT2D eigenvalue weighted by atomic mass is 9.86. The molecule has 0 saturated carbocycles. The lowest BCUT2D eigenvalue weighted by Crippen LogP contribution is -2.27. The summed E-state index contributed by atoms with van der Waals surface area (Å²) in [5.74, 6) is 0.262. The Hall–Kier alpha value is -1.19. The number of hydrogen-bond acceptors (Lipinski definition) is 2. The van der Waals surface area contributed by atoms with E-state index in [1.165, 1.54) is 27.2 Å². The Morgan fingerprint density at radius 1 is 1.43 bits per heavy atom. The Balaban J connectivity index is 3.17. The Bertz CT molecular complexity index is 313. The van der Waals surface area contributed by atoms with Crippen LogP contribution in [-0.2, 0) is 5.41 Å². The van der Waals surface area contributed by atoms with Gasteiger partial charge in [0, 0.05) is 11.8 Å². The van der Waals surface area contributed by atoms with Crippen molar-refractivity contribution < 1.29 is 13.5 Å². The number of rotatable bonds is 3. The van der Waals surface area contributed by atoms with E-state index in [1.807, 2.05) is 0 Å². The predicted octanol–water partition coefficient (Wildman–Crippen LogP) is 2.63. The molecule has 0 radical (unpaired) electrons. The van der Waals surface area contributed by atoms with Crippen LogP contribution in [0.1, 0.15) is 19.4 Å². The van der Waals surface area contributed by atoms with E-state index in [0.29, 0.717) is 5.56 Å². The molecule has 0 bridgehead atoms. The highest BCUT2D eigenvalue weighted by atomic mass is 19.3. The van der Waals surface area contributed by atoms with Crippen molar-refractivity contribution in [2.45, 2.75) is 25.7 Å². The van der Waals surface area contributed by atoms with Gasteiger partial charge in [0.2, 0.25) is 12.3 Å². The van der Waals surface area contributed by atoms with Crippen LogP contribution in [0.5, 0.6) is 5.88 Å². The Morgan fingerprint density at radius 3 is 2.57 bits per heavy atom. The Kier molecular flexibility index (Phi) is 3.03. The van der Waals surface area contributed by atoms with Crippen molar-refractivity contribution in [2.24, 2.45) is 0 Å². The van der Waals surface area contributed by atoms with Crippen molar-refractivity contribution in [3.05, 3.63) is 23.9 Å². The van der Waals surface area contributed by atoms with E-state index in [-0.39, 0.29) is 5.88 Å².